The van der Waals surface area contributed by atoms with Crippen LogP contribution in [0.4, 0.5) is 0 Å². The van der Waals surface area contributed by atoms with Crippen LogP contribution in [0.15, 0.2) is 30.3 Å². The third-order valence-corrected chi connectivity index (χ3v) is 3.51. The molecule has 0 aliphatic heterocycles. The van der Waals surface area contributed by atoms with Crippen molar-refractivity contribution in [2.45, 2.75) is 31.9 Å². The molecule has 20 heavy (non-hydrogen) atoms. The van der Waals surface area contributed by atoms with Crippen LogP contribution >= 0.6 is 0 Å². The monoisotopic (exact) mass is 277 g/mol. The highest BCUT2D eigenvalue weighted by Crippen LogP contribution is 2.28. The zero-order valence-electron chi connectivity index (χ0n) is 11.4. The Morgan fingerprint density at radius 3 is 2.55 bits per heavy atom. The molecule has 0 saturated heterocycles. The van der Waals surface area contributed by atoms with Crippen molar-refractivity contribution in [1.29, 1.82) is 0 Å². The van der Waals surface area contributed by atoms with E-state index in [1.807, 2.05) is 37.3 Å². The predicted molar refractivity (Wildman–Crippen MR) is 73.1 cm³/mol. The van der Waals surface area contributed by atoms with Crippen molar-refractivity contribution in [2.75, 3.05) is 6.61 Å². The van der Waals surface area contributed by atoms with Crippen LogP contribution in [0.1, 0.15) is 31.4 Å². The van der Waals surface area contributed by atoms with Crippen LogP contribution in [0.3, 0.4) is 0 Å². The van der Waals surface area contributed by atoms with Crippen molar-refractivity contribution >= 4 is 11.9 Å². The Kier molecular flexibility index (Phi) is 4.74. The van der Waals surface area contributed by atoms with Gasteiger partial charge in [-0.2, -0.15) is 0 Å². The number of hydrogen-bond donors (Lipinski definition) is 2. The number of carbonyl (C=O) groups is 2. The fraction of sp³-hybridized carbons (Fsp3) is 0.467. The highest BCUT2D eigenvalue weighted by atomic mass is 16.5. The van der Waals surface area contributed by atoms with Gasteiger partial charge >= 0.3 is 5.97 Å². The smallest absolute Gasteiger partial charge is 0.306 e. The third-order valence-electron chi connectivity index (χ3n) is 3.51. The van der Waals surface area contributed by atoms with E-state index in [0.717, 1.165) is 5.56 Å². The molecule has 5 heteroatoms. The van der Waals surface area contributed by atoms with Gasteiger partial charge in [-0.1, -0.05) is 30.3 Å². The lowest BCUT2D eigenvalue weighted by Gasteiger charge is -2.33. The van der Waals surface area contributed by atoms with E-state index in [2.05, 4.69) is 5.32 Å². The van der Waals surface area contributed by atoms with E-state index >= 15 is 0 Å². The molecule has 1 aromatic carbocycles. The predicted octanol–water partition coefficient (Wildman–Crippen LogP) is 1.74. The molecule has 1 fully saturated rings. The topological polar surface area (TPSA) is 75.6 Å². The molecular weight excluding hydrogens is 258 g/mol. The number of carbonyl (C=O) groups excluding carboxylic acids is 1. The fourth-order valence-electron chi connectivity index (χ4n) is 2.33. The van der Waals surface area contributed by atoms with Crippen LogP contribution in [0, 0.1) is 5.92 Å². The summed E-state index contributed by atoms with van der Waals surface area (Å²) >= 11 is 0. The summed E-state index contributed by atoms with van der Waals surface area (Å²) in [5.74, 6) is -1.32. The molecule has 2 rings (SSSR count). The van der Waals surface area contributed by atoms with E-state index in [-0.39, 0.29) is 17.9 Å². The second kappa shape index (κ2) is 6.52. The Balaban J connectivity index is 1.93. The molecule has 1 amide bonds. The quantitative estimate of drug-likeness (QED) is 0.830. The zero-order valence-corrected chi connectivity index (χ0v) is 11.4. The minimum Gasteiger partial charge on any atom is -0.481 e. The molecule has 0 aromatic heterocycles. The molecule has 108 valence electrons. The molecular formula is C15H19NO4. The van der Waals surface area contributed by atoms with Gasteiger partial charge in [0.1, 0.15) is 0 Å². The highest BCUT2D eigenvalue weighted by molar-refractivity contribution is 5.83. The van der Waals surface area contributed by atoms with Crippen LogP contribution in [0.25, 0.3) is 0 Å². The largest absolute Gasteiger partial charge is 0.481 e. The fourth-order valence-corrected chi connectivity index (χ4v) is 2.33. The van der Waals surface area contributed by atoms with Gasteiger partial charge in [-0.3, -0.25) is 9.59 Å². The molecule has 2 N–H and O–H groups in total. The summed E-state index contributed by atoms with van der Waals surface area (Å²) in [6.07, 6.45) is 0.355. The van der Waals surface area contributed by atoms with Gasteiger partial charge in [0.2, 0.25) is 0 Å². The minimum atomic E-state index is -0.792. The van der Waals surface area contributed by atoms with E-state index in [9.17, 15) is 9.59 Å². The molecule has 1 aliphatic carbocycles. The second-order valence-electron chi connectivity index (χ2n) is 4.96. The van der Waals surface area contributed by atoms with E-state index in [1.165, 1.54) is 0 Å². The lowest BCUT2D eigenvalue weighted by atomic mass is 9.80. The lowest BCUT2D eigenvalue weighted by Crippen LogP contribution is -2.48. The molecule has 0 bridgehead atoms. The van der Waals surface area contributed by atoms with E-state index < -0.39 is 12.1 Å². The number of rotatable bonds is 6. The van der Waals surface area contributed by atoms with Gasteiger partial charge in [0, 0.05) is 12.6 Å². The molecule has 1 aromatic rings. The number of amides is 1. The number of ether oxygens (including phenoxy) is 1. The molecule has 5 nitrogen and oxygen atoms in total. The molecule has 0 spiro atoms. The van der Waals surface area contributed by atoms with Crippen molar-refractivity contribution < 1.29 is 19.4 Å². The first-order valence-corrected chi connectivity index (χ1v) is 6.81. The Hall–Kier alpha value is -1.88. The molecule has 0 heterocycles. The summed E-state index contributed by atoms with van der Waals surface area (Å²) in [6.45, 7) is 2.28. The summed E-state index contributed by atoms with van der Waals surface area (Å²) in [6, 6.07) is 9.24. The van der Waals surface area contributed by atoms with Crippen molar-refractivity contribution in [3.8, 4) is 0 Å². The van der Waals surface area contributed by atoms with Crippen molar-refractivity contribution in [3.05, 3.63) is 35.9 Å². The third kappa shape index (κ3) is 3.36. The van der Waals surface area contributed by atoms with Gasteiger partial charge in [0.25, 0.3) is 5.91 Å². The zero-order chi connectivity index (χ0) is 14.5. The summed E-state index contributed by atoms with van der Waals surface area (Å²) in [7, 11) is 0. The molecule has 1 atom stereocenters. The minimum absolute atomic E-state index is 0.0599. The number of carboxylic acid groups (broad SMARTS) is 1. The first-order chi connectivity index (χ1) is 9.61. The summed E-state index contributed by atoms with van der Waals surface area (Å²) < 4.78 is 5.51. The summed E-state index contributed by atoms with van der Waals surface area (Å²) in [5, 5.41) is 11.7. The van der Waals surface area contributed by atoms with Crippen LogP contribution in [0.2, 0.25) is 0 Å². The lowest BCUT2D eigenvalue weighted by molar-refractivity contribution is -0.147. The van der Waals surface area contributed by atoms with Gasteiger partial charge in [0.05, 0.1) is 5.92 Å². The van der Waals surface area contributed by atoms with Crippen molar-refractivity contribution in [1.82, 2.24) is 5.32 Å². The molecule has 0 radical (unpaired) electrons. The second-order valence-corrected chi connectivity index (χ2v) is 4.96. The van der Waals surface area contributed by atoms with Crippen LogP contribution in [-0.2, 0) is 14.3 Å². The standard InChI is InChI=1S/C15H19NO4/c1-2-20-13(10-6-4-3-5-7-10)14(17)16-12-8-11(9-12)15(18)19/h3-7,11-13H,2,8-9H2,1H3,(H,16,17)(H,18,19). The number of benzene rings is 1. The number of carboxylic acids is 1. The van der Waals surface area contributed by atoms with Gasteiger partial charge in [-0.15, -0.1) is 0 Å². The number of nitrogens with one attached hydrogen (secondary N) is 1. The van der Waals surface area contributed by atoms with Crippen molar-refractivity contribution in [2.24, 2.45) is 5.92 Å². The van der Waals surface area contributed by atoms with E-state index in [0.29, 0.717) is 19.4 Å². The first-order valence-electron chi connectivity index (χ1n) is 6.81. The van der Waals surface area contributed by atoms with Gasteiger partial charge in [-0.05, 0) is 25.3 Å². The van der Waals surface area contributed by atoms with Crippen LogP contribution in [0.5, 0.6) is 0 Å². The Bertz CT molecular complexity index is 468. The van der Waals surface area contributed by atoms with E-state index in [4.69, 9.17) is 9.84 Å². The molecule has 1 saturated carbocycles. The molecule has 1 unspecified atom stereocenters. The first kappa shape index (κ1) is 14.5. The van der Waals surface area contributed by atoms with Crippen LogP contribution < -0.4 is 5.32 Å². The Morgan fingerprint density at radius 2 is 2.00 bits per heavy atom. The van der Waals surface area contributed by atoms with E-state index in [1.54, 1.807) is 0 Å². The van der Waals surface area contributed by atoms with Gasteiger partial charge in [-0.25, -0.2) is 0 Å². The van der Waals surface area contributed by atoms with Crippen LogP contribution in [-0.4, -0.2) is 29.6 Å². The Labute approximate surface area is 117 Å². The average molecular weight is 277 g/mol. The number of hydrogen-bond acceptors (Lipinski definition) is 3. The maximum Gasteiger partial charge on any atom is 0.306 e. The summed E-state index contributed by atoms with van der Waals surface area (Å²) in [5.41, 5.74) is 0.806. The Morgan fingerprint density at radius 1 is 1.35 bits per heavy atom. The maximum absolute atomic E-state index is 12.2. The normalized spacial score (nSPS) is 22.6. The average Bonchev–Trinajstić information content (AvgIpc) is 2.40. The number of aliphatic carboxylic acids is 1. The molecule has 1 aliphatic rings. The van der Waals surface area contributed by atoms with Gasteiger partial charge in [0.15, 0.2) is 6.10 Å². The van der Waals surface area contributed by atoms with Gasteiger partial charge < -0.3 is 15.2 Å². The maximum atomic E-state index is 12.2. The highest BCUT2D eigenvalue weighted by Gasteiger charge is 2.36. The van der Waals surface area contributed by atoms with Crippen molar-refractivity contribution in [3.63, 3.8) is 0 Å². The SMILES string of the molecule is CCOC(C(=O)NC1CC(C(=O)O)C1)c1ccccc1. The summed E-state index contributed by atoms with van der Waals surface area (Å²) in [4.78, 5) is 23.0.